The molecule has 3 aliphatic rings. The van der Waals surface area contributed by atoms with Gasteiger partial charge in [-0.1, -0.05) is 0 Å². The summed E-state index contributed by atoms with van der Waals surface area (Å²) in [5, 5.41) is 6.69. The van der Waals surface area contributed by atoms with E-state index in [2.05, 4.69) is 35.4 Å². The molecule has 2 aromatic rings. The Morgan fingerprint density at radius 2 is 1.91 bits per heavy atom. The van der Waals surface area contributed by atoms with E-state index in [4.69, 9.17) is 0 Å². The molecule has 10 heteroatoms. The highest BCUT2D eigenvalue weighted by atomic mass is 19.1. The highest BCUT2D eigenvalue weighted by Crippen LogP contribution is 2.33. The summed E-state index contributed by atoms with van der Waals surface area (Å²) >= 11 is 0. The molecule has 1 N–H and O–H groups in total. The molecule has 2 fully saturated rings. The van der Waals surface area contributed by atoms with Gasteiger partial charge in [0.2, 0.25) is 11.8 Å². The van der Waals surface area contributed by atoms with Crippen molar-refractivity contribution in [3.05, 3.63) is 47.0 Å². The van der Waals surface area contributed by atoms with E-state index in [9.17, 15) is 14.4 Å². The van der Waals surface area contributed by atoms with Gasteiger partial charge in [-0.3, -0.25) is 29.3 Å². The predicted molar refractivity (Wildman–Crippen MR) is 123 cm³/mol. The van der Waals surface area contributed by atoms with Crippen molar-refractivity contribution in [2.45, 2.75) is 51.9 Å². The van der Waals surface area contributed by atoms with E-state index in [0.29, 0.717) is 30.4 Å². The topological polar surface area (TPSA) is 90.8 Å². The van der Waals surface area contributed by atoms with Crippen molar-refractivity contribution in [2.24, 2.45) is 0 Å². The molecule has 34 heavy (non-hydrogen) atoms. The van der Waals surface area contributed by atoms with E-state index in [1.54, 1.807) is 6.07 Å². The Bertz CT molecular complexity index is 1140. The molecule has 3 amide bonds. The highest BCUT2D eigenvalue weighted by molar-refractivity contribution is 6.05. The first kappa shape index (κ1) is 22.5. The standard InChI is InChI=1S/C24H29FN6O3/c1-15(2)31-13-16(11-26-31)12-28-5-7-29(8-6-28)21-9-17-14-30(24(34)18(17)10-19(21)25)20-3-4-22(32)27-23(20)33/h9-11,13,15,20H,3-8,12,14H2,1-2H3,(H,27,32,33). The number of rotatable bonds is 5. The number of fused-ring (bicyclic) bond motifs is 1. The minimum absolute atomic E-state index is 0.193. The summed E-state index contributed by atoms with van der Waals surface area (Å²) in [7, 11) is 0. The number of nitrogens with zero attached hydrogens (tertiary/aromatic N) is 5. The molecule has 2 saturated heterocycles. The van der Waals surface area contributed by atoms with Crippen LogP contribution in [0.15, 0.2) is 24.5 Å². The van der Waals surface area contributed by atoms with Crippen LogP contribution in [0.25, 0.3) is 0 Å². The number of imide groups is 1. The van der Waals surface area contributed by atoms with E-state index in [0.717, 1.165) is 30.8 Å². The van der Waals surface area contributed by atoms with E-state index >= 15 is 4.39 Å². The Balaban J connectivity index is 1.25. The number of amides is 3. The second kappa shape index (κ2) is 8.83. The fraction of sp³-hybridized carbons (Fsp3) is 0.500. The molecule has 4 heterocycles. The summed E-state index contributed by atoms with van der Waals surface area (Å²) in [5.74, 6) is -1.58. The quantitative estimate of drug-likeness (QED) is 0.672. The fourth-order valence-corrected chi connectivity index (χ4v) is 4.97. The van der Waals surface area contributed by atoms with Gasteiger partial charge in [0.1, 0.15) is 11.9 Å². The van der Waals surface area contributed by atoms with Gasteiger partial charge in [0.05, 0.1) is 11.9 Å². The van der Waals surface area contributed by atoms with Crippen LogP contribution in [0.5, 0.6) is 0 Å². The molecule has 0 bridgehead atoms. The van der Waals surface area contributed by atoms with Gasteiger partial charge in [-0.2, -0.15) is 5.10 Å². The SMILES string of the molecule is CC(C)n1cc(CN2CCN(c3cc4c(cc3F)C(=O)N(C3CCC(=O)NC3=O)C4)CC2)cn1. The number of hydrogen-bond acceptors (Lipinski definition) is 6. The first-order valence-corrected chi connectivity index (χ1v) is 11.8. The van der Waals surface area contributed by atoms with Gasteiger partial charge in [0.25, 0.3) is 5.91 Å². The van der Waals surface area contributed by atoms with E-state index in [1.165, 1.54) is 11.0 Å². The molecule has 1 atom stereocenters. The lowest BCUT2D eigenvalue weighted by Crippen LogP contribution is -2.52. The van der Waals surface area contributed by atoms with Crippen LogP contribution < -0.4 is 10.2 Å². The molecule has 0 spiro atoms. The van der Waals surface area contributed by atoms with Gasteiger partial charge in [-0.15, -0.1) is 0 Å². The molecule has 0 aliphatic carbocycles. The number of nitrogens with one attached hydrogen (secondary N) is 1. The van der Waals surface area contributed by atoms with Gasteiger partial charge in [-0.25, -0.2) is 4.39 Å². The number of carbonyl (C=O) groups is 3. The third-order valence-electron chi connectivity index (χ3n) is 6.89. The minimum atomic E-state index is -0.701. The zero-order valence-electron chi connectivity index (χ0n) is 19.5. The normalized spacial score (nSPS) is 21.4. The van der Waals surface area contributed by atoms with Crippen molar-refractivity contribution >= 4 is 23.4 Å². The minimum Gasteiger partial charge on any atom is -0.367 e. The monoisotopic (exact) mass is 468 g/mol. The van der Waals surface area contributed by atoms with Gasteiger partial charge in [0.15, 0.2) is 0 Å². The smallest absolute Gasteiger partial charge is 0.255 e. The van der Waals surface area contributed by atoms with Crippen LogP contribution in [0.1, 0.15) is 54.2 Å². The van der Waals surface area contributed by atoms with Crippen LogP contribution in [0.3, 0.4) is 0 Å². The van der Waals surface area contributed by atoms with E-state index in [1.807, 2.05) is 15.8 Å². The third-order valence-corrected chi connectivity index (χ3v) is 6.89. The number of piperidine rings is 1. The molecule has 1 aromatic carbocycles. The largest absolute Gasteiger partial charge is 0.367 e. The summed E-state index contributed by atoms with van der Waals surface area (Å²) in [6.45, 7) is 8.19. The van der Waals surface area contributed by atoms with E-state index < -0.39 is 17.8 Å². The Kier molecular flexibility index (Phi) is 5.85. The number of halogens is 1. The van der Waals surface area contributed by atoms with Crippen molar-refractivity contribution < 1.29 is 18.8 Å². The van der Waals surface area contributed by atoms with Crippen molar-refractivity contribution in [1.82, 2.24) is 24.9 Å². The zero-order chi connectivity index (χ0) is 24.0. The molecule has 1 aromatic heterocycles. The highest BCUT2D eigenvalue weighted by Gasteiger charge is 2.40. The molecule has 3 aliphatic heterocycles. The van der Waals surface area contributed by atoms with Crippen LogP contribution in [0.2, 0.25) is 0 Å². The number of piperazine rings is 1. The fourth-order valence-electron chi connectivity index (χ4n) is 4.97. The van der Waals surface area contributed by atoms with Gasteiger partial charge in [0, 0.05) is 69.1 Å². The average molecular weight is 469 g/mol. The Morgan fingerprint density at radius 3 is 2.59 bits per heavy atom. The molecule has 1 unspecified atom stereocenters. The predicted octanol–water partition coefficient (Wildman–Crippen LogP) is 1.69. The number of aromatic nitrogens is 2. The van der Waals surface area contributed by atoms with Crippen LogP contribution in [-0.2, 0) is 22.7 Å². The molecule has 9 nitrogen and oxygen atoms in total. The molecule has 0 saturated carbocycles. The Labute approximate surface area is 197 Å². The molecule has 5 rings (SSSR count). The molecular weight excluding hydrogens is 439 g/mol. The van der Waals surface area contributed by atoms with Crippen LogP contribution >= 0.6 is 0 Å². The second-order valence-electron chi connectivity index (χ2n) is 9.55. The Morgan fingerprint density at radius 1 is 1.15 bits per heavy atom. The first-order valence-electron chi connectivity index (χ1n) is 11.8. The lowest BCUT2D eigenvalue weighted by molar-refractivity contribution is -0.136. The number of benzene rings is 1. The second-order valence-corrected chi connectivity index (χ2v) is 9.55. The van der Waals surface area contributed by atoms with E-state index in [-0.39, 0.29) is 31.2 Å². The number of hydrogen-bond donors (Lipinski definition) is 1. The van der Waals surface area contributed by atoms with Crippen LogP contribution in [-0.4, -0.2) is 69.5 Å². The van der Waals surface area contributed by atoms with Crippen LogP contribution in [0, 0.1) is 5.82 Å². The lowest BCUT2D eigenvalue weighted by atomic mass is 10.0. The van der Waals surface area contributed by atoms with Crippen molar-refractivity contribution in [1.29, 1.82) is 0 Å². The first-order chi connectivity index (χ1) is 16.3. The summed E-state index contributed by atoms with van der Waals surface area (Å²) in [6.07, 6.45) is 4.46. The maximum absolute atomic E-state index is 15.1. The maximum Gasteiger partial charge on any atom is 0.255 e. The van der Waals surface area contributed by atoms with Crippen molar-refractivity contribution in [3.8, 4) is 0 Å². The van der Waals surface area contributed by atoms with Crippen molar-refractivity contribution in [2.75, 3.05) is 31.1 Å². The third kappa shape index (κ3) is 4.18. The van der Waals surface area contributed by atoms with Gasteiger partial charge in [-0.05, 0) is 38.0 Å². The molecular formula is C24H29FN6O3. The van der Waals surface area contributed by atoms with Crippen molar-refractivity contribution in [3.63, 3.8) is 0 Å². The summed E-state index contributed by atoms with van der Waals surface area (Å²) in [6, 6.07) is 2.67. The number of carbonyl (C=O) groups excluding carboxylic acids is 3. The van der Waals surface area contributed by atoms with Crippen LogP contribution in [0.4, 0.5) is 10.1 Å². The molecule has 180 valence electrons. The zero-order valence-corrected chi connectivity index (χ0v) is 19.5. The lowest BCUT2D eigenvalue weighted by Gasteiger charge is -2.36. The average Bonchev–Trinajstić information content (AvgIpc) is 3.39. The Hall–Kier alpha value is -3.27. The van der Waals surface area contributed by atoms with Gasteiger partial charge >= 0.3 is 0 Å². The molecule has 0 radical (unpaired) electrons. The summed E-state index contributed by atoms with van der Waals surface area (Å²) in [5.41, 5.74) is 2.67. The van der Waals surface area contributed by atoms with Gasteiger partial charge < -0.3 is 9.80 Å². The maximum atomic E-state index is 15.1. The number of anilines is 1. The summed E-state index contributed by atoms with van der Waals surface area (Å²) < 4.78 is 17.0. The summed E-state index contributed by atoms with van der Waals surface area (Å²) in [4.78, 5) is 42.4.